The van der Waals surface area contributed by atoms with E-state index in [9.17, 15) is 0 Å². The summed E-state index contributed by atoms with van der Waals surface area (Å²) >= 11 is 18.2. The normalized spacial score (nSPS) is 10.1. The number of nitrogens with one attached hydrogen (secondary N) is 1. The summed E-state index contributed by atoms with van der Waals surface area (Å²) in [5.74, 6) is 0. The van der Waals surface area contributed by atoms with Gasteiger partial charge in [0, 0.05) is 5.02 Å². The molecule has 0 unspecified atom stereocenters. The van der Waals surface area contributed by atoms with Crippen LogP contribution in [0.15, 0.2) is 30.3 Å². The van der Waals surface area contributed by atoms with Gasteiger partial charge in [0.05, 0.1) is 27.0 Å². The smallest absolute Gasteiger partial charge is 0.101 e. The van der Waals surface area contributed by atoms with E-state index in [1.165, 1.54) is 0 Å². The van der Waals surface area contributed by atoms with E-state index in [0.717, 1.165) is 5.56 Å². The molecule has 0 bridgehead atoms. The van der Waals surface area contributed by atoms with Crippen molar-refractivity contribution >= 4 is 46.2 Å². The van der Waals surface area contributed by atoms with Crippen molar-refractivity contribution in [3.8, 4) is 6.07 Å². The second kappa shape index (κ2) is 5.71. The van der Waals surface area contributed by atoms with Crippen molar-refractivity contribution in [2.24, 2.45) is 0 Å². The van der Waals surface area contributed by atoms with E-state index < -0.39 is 0 Å². The molecular formula is C14H9Cl3N2. The largest absolute Gasteiger partial charge is 0.352 e. The minimum absolute atomic E-state index is 0.432. The van der Waals surface area contributed by atoms with Crippen LogP contribution < -0.4 is 5.32 Å². The Morgan fingerprint density at radius 2 is 1.84 bits per heavy atom. The molecule has 2 aromatic carbocycles. The summed E-state index contributed by atoms with van der Waals surface area (Å²) < 4.78 is 0. The topological polar surface area (TPSA) is 35.8 Å². The van der Waals surface area contributed by atoms with Crippen LogP contribution >= 0.6 is 34.8 Å². The zero-order chi connectivity index (χ0) is 14.0. The fraction of sp³-hybridized carbons (Fsp3) is 0.0714. The van der Waals surface area contributed by atoms with Gasteiger partial charge in [-0.2, -0.15) is 5.26 Å². The van der Waals surface area contributed by atoms with Crippen molar-refractivity contribution in [3.63, 3.8) is 0 Å². The number of rotatable bonds is 2. The maximum absolute atomic E-state index is 9.10. The summed E-state index contributed by atoms with van der Waals surface area (Å²) in [6.45, 7) is 1.89. The Bertz CT molecular complexity index is 675. The Morgan fingerprint density at radius 3 is 2.53 bits per heavy atom. The van der Waals surface area contributed by atoms with Gasteiger partial charge in [-0.1, -0.05) is 40.9 Å². The summed E-state index contributed by atoms with van der Waals surface area (Å²) in [7, 11) is 0. The van der Waals surface area contributed by atoms with Crippen LogP contribution in [0.4, 0.5) is 11.4 Å². The molecule has 0 heterocycles. The van der Waals surface area contributed by atoms with Crippen LogP contribution in [0.2, 0.25) is 15.1 Å². The predicted molar refractivity (Wildman–Crippen MR) is 80.6 cm³/mol. The highest BCUT2D eigenvalue weighted by Gasteiger charge is 2.11. The van der Waals surface area contributed by atoms with E-state index in [2.05, 4.69) is 11.4 Å². The van der Waals surface area contributed by atoms with E-state index >= 15 is 0 Å². The highest BCUT2D eigenvalue weighted by atomic mass is 35.5. The van der Waals surface area contributed by atoms with Gasteiger partial charge >= 0.3 is 0 Å². The molecule has 2 aromatic rings. The number of halogens is 3. The van der Waals surface area contributed by atoms with Crippen LogP contribution in [-0.2, 0) is 0 Å². The minimum atomic E-state index is 0.432. The highest BCUT2D eigenvalue weighted by molar-refractivity contribution is 6.39. The molecule has 19 heavy (non-hydrogen) atoms. The van der Waals surface area contributed by atoms with E-state index in [-0.39, 0.29) is 0 Å². The molecule has 1 N–H and O–H groups in total. The lowest BCUT2D eigenvalue weighted by Crippen LogP contribution is -1.96. The van der Waals surface area contributed by atoms with Crippen LogP contribution in [0, 0.1) is 18.3 Å². The molecule has 2 nitrogen and oxygen atoms in total. The molecule has 0 aliphatic heterocycles. The third-order valence-electron chi connectivity index (χ3n) is 2.65. The molecule has 0 aliphatic carbocycles. The van der Waals surface area contributed by atoms with Crippen molar-refractivity contribution in [1.82, 2.24) is 0 Å². The van der Waals surface area contributed by atoms with E-state index in [1.807, 2.05) is 13.0 Å². The molecule has 96 valence electrons. The summed E-state index contributed by atoms with van der Waals surface area (Å²) in [6.07, 6.45) is 0. The molecule has 0 amide bonds. The molecular weight excluding hydrogens is 303 g/mol. The maximum Gasteiger partial charge on any atom is 0.101 e. The summed E-state index contributed by atoms with van der Waals surface area (Å²) in [5.41, 5.74) is 2.53. The van der Waals surface area contributed by atoms with Gasteiger partial charge in [-0.05, 0) is 36.8 Å². The zero-order valence-electron chi connectivity index (χ0n) is 9.97. The Morgan fingerprint density at radius 1 is 1.11 bits per heavy atom. The lowest BCUT2D eigenvalue weighted by atomic mass is 10.1. The Hall–Kier alpha value is -1.40. The number of hydrogen-bond donors (Lipinski definition) is 1. The van der Waals surface area contributed by atoms with Crippen LogP contribution in [0.1, 0.15) is 11.1 Å². The number of aryl methyl sites for hydroxylation is 1. The number of anilines is 2. The van der Waals surface area contributed by atoms with Gasteiger partial charge < -0.3 is 5.32 Å². The maximum atomic E-state index is 9.10. The highest BCUT2D eigenvalue weighted by Crippen LogP contribution is 2.36. The van der Waals surface area contributed by atoms with Gasteiger partial charge in [-0.25, -0.2) is 0 Å². The lowest BCUT2D eigenvalue weighted by molar-refractivity contribution is 1.43. The van der Waals surface area contributed by atoms with Crippen molar-refractivity contribution in [1.29, 1.82) is 5.26 Å². The number of nitriles is 1. The third kappa shape index (κ3) is 2.96. The molecule has 0 saturated carbocycles. The average molecular weight is 312 g/mol. The van der Waals surface area contributed by atoms with E-state index in [4.69, 9.17) is 40.1 Å². The van der Waals surface area contributed by atoms with Crippen molar-refractivity contribution in [3.05, 3.63) is 56.5 Å². The van der Waals surface area contributed by atoms with Gasteiger partial charge in [0.25, 0.3) is 0 Å². The van der Waals surface area contributed by atoms with Gasteiger partial charge in [0.1, 0.15) is 6.07 Å². The number of benzene rings is 2. The molecule has 0 aromatic heterocycles. The average Bonchev–Trinajstić information content (AvgIpc) is 2.40. The molecule has 5 heteroatoms. The quantitative estimate of drug-likeness (QED) is 0.787. The first-order valence-electron chi connectivity index (χ1n) is 5.44. The Kier molecular flexibility index (Phi) is 4.21. The Labute approximate surface area is 126 Å². The first-order valence-corrected chi connectivity index (χ1v) is 6.57. The SMILES string of the molecule is Cc1ccc(Cl)c(Nc2ccc(Cl)cc2C#N)c1Cl. The molecule has 2 rings (SSSR count). The summed E-state index contributed by atoms with van der Waals surface area (Å²) in [6, 6.07) is 10.7. The third-order valence-corrected chi connectivity index (χ3v) is 3.68. The van der Waals surface area contributed by atoms with Gasteiger partial charge in [0.15, 0.2) is 0 Å². The van der Waals surface area contributed by atoms with Crippen molar-refractivity contribution < 1.29 is 0 Å². The van der Waals surface area contributed by atoms with Crippen LogP contribution in [0.5, 0.6) is 0 Å². The summed E-state index contributed by atoms with van der Waals surface area (Å²) in [5, 5.41) is 13.7. The van der Waals surface area contributed by atoms with Gasteiger partial charge in [0.2, 0.25) is 0 Å². The molecule has 0 aliphatic rings. The van der Waals surface area contributed by atoms with Crippen LogP contribution in [-0.4, -0.2) is 0 Å². The number of nitrogens with zero attached hydrogens (tertiary/aromatic N) is 1. The van der Waals surface area contributed by atoms with Crippen LogP contribution in [0.25, 0.3) is 0 Å². The minimum Gasteiger partial charge on any atom is -0.352 e. The molecule has 0 saturated heterocycles. The van der Waals surface area contributed by atoms with E-state index in [1.54, 1.807) is 24.3 Å². The molecule has 0 spiro atoms. The first kappa shape index (κ1) is 14.0. The Balaban J connectivity index is 2.48. The van der Waals surface area contributed by atoms with Crippen LogP contribution in [0.3, 0.4) is 0 Å². The molecule has 0 fully saturated rings. The predicted octanol–water partition coefficient (Wildman–Crippen LogP) is 5.57. The van der Waals surface area contributed by atoms with E-state index in [0.29, 0.717) is 32.0 Å². The molecule has 0 atom stereocenters. The fourth-order valence-corrected chi connectivity index (χ4v) is 2.26. The first-order chi connectivity index (χ1) is 9.02. The standard InChI is InChI=1S/C14H9Cl3N2/c1-8-2-4-11(16)14(13(8)17)19-12-5-3-10(15)6-9(12)7-18/h2-6,19H,1H3. The molecule has 0 radical (unpaired) electrons. The second-order valence-corrected chi connectivity index (χ2v) is 5.20. The second-order valence-electron chi connectivity index (χ2n) is 3.98. The lowest BCUT2D eigenvalue weighted by Gasteiger charge is -2.13. The summed E-state index contributed by atoms with van der Waals surface area (Å²) in [4.78, 5) is 0. The number of hydrogen-bond acceptors (Lipinski definition) is 2. The monoisotopic (exact) mass is 310 g/mol. The van der Waals surface area contributed by atoms with Crippen molar-refractivity contribution in [2.45, 2.75) is 6.92 Å². The van der Waals surface area contributed by atoms with Gasteiger partial charge in [-0.3, -0.25) is 0 Å². The zero-order valence-corrected chi connectivity index (χ0v) is 12.2. The van der Waals surface area contributed by atoms with Crippen molar-refractivity contribution in [2.75, 3.05) is 5.32 Å². The van der Waals surface area contributed by atoms with Gasteiger partial charge in [-0.15, -0.1) is 0 Å². The fourth-order valence-electron chi connectivity index (χ4n) is 1.62.